The van der Waals surface area contributed by atoms with Gasteiger partial charge in [0.1, 0.15) is 6.61 Å². The molecule has 0 aliphatic carbocycles. The molecule has 2 fully saturated rings. The van der Waals surface area contributed by atoms with Gasteiger partial charge in [-0.05, 0) is 24.3 Å². The van der Waals surface area contributed by atoms with Gasteiger partial charge in [-0.3, -0.25) is 19.9 Å². The zero-order valence-corrected chi connectivity index (χ0v) is 21.2. The van der Waals surface area contributed by atoms with Crippen molar-refractivity contribution < 1.29 is 29.3 Å². The van der Waals surface area contributed by atoms with Gasteiger partial charge in [0.05, 0.1) is 41.5 Å². The van der Waals surface area contributed by atoms with Crippen LogP contribution in [0.15, 0.2) is 42.7 Å². The van der Waals surface area contributed by atoms with Crippen molar-refractivity contribution in [3.8, 4) is 0 Å². The van der Waals surface area contributed by atoms with Crippen molar-refractivity contribution in [3.05, 3.63) is 48.4 Å². The molecule has 0 saturated carbocycles. The zero-order chi connectivity index (χ0) is 27.7. The third kappa shape index (κ3) is 5.46. The van der Waals surface area contributed by atoms with Gasteiger partial charge in [0, 0.05) is 48.9 Å². The van der Waals surface area contributed by atoms with Crippen LogP contribution in [0.1, 0.15) is 17.4 Å². The lowest BCUT2D eigenvalue weighted by atomic mass is 9.92. The Balaban J connectivity index is 1.49. The fraction of sp³-hybridized carbons (Fsp3) is 0.346. The topological polar surface area (TPSA) is 183 Å². The molecule has 39 heavy (non-hydrogen) atoms. The molecule has 2 aliphatic rings. The number of nitrogens with zero attached hydrogens (tertiary/aromatic N) is 4. The number of ether oxygens (including phenoxy) is 1. The van der Waals surface area contributed by atoms with E-state index in [0.29, 0.717) is 54.2 Å². The molecule has 2 aliphatic heterocycles. The van der Waals surface area contributed by atoms with Gasteiger partial charge in [0.2, 0.25) is 0 Å². The predicted octanol–water partition coefficient (Wildman–Crippen LogP) is 1.48. The monoisotopic (exact) mass is 535 g/mol. The maximum Gasteiger partial charge on any atom is 0.409 e. The first kappa shape index (κ1) is 26.3. The molecule has 3 aromatic rings. The molecule has 13 nitrogen and oxygen atoms in total. The number of hydrogen-bond acceptors (Lipinski definition) is 9. The lowest BCUT2D eigenvalue weighted by molar-refractivity contribution is -0.125. The summed E-state index contributed by atoms with van der Waals surface area (Å²) >= 11 is 0. The zero-order valence-electron chi connectivity index (χ0n) is 21.2. The third-order valence-corrected chi connectivity index (χ3v) is 6.90. The highest BCUT2D eigenvalue weighted by Crippen LogP contribution is 2.31. The molecule has 0 spiro atoms. The summed E-state index contributed by atoms with van der Waals surface area (Å²) in [7, 11) is 0. The molecule has 0 radical (unpaired) electrons. The van der Waals surface area contributed by atoms with Crippen molar-refractivity contribution in [1.82, 2.24) is 9.97 Å². The van der Waals surface area contributed by atoms with E-state index < -0.39 is 24.1 Å². The van der Waals surface area contributed by atoms with Gasteiger partial charge in [-0.25, -0.2) is 9.78 Å². The lowest BCUT2D eigenvalue weighted by Crippen LogP contribution is -2.55. The summed E-state index contributed by atoms with van der Waals surface area (Å²) in [6.45, 7) is 3.56. The number of hydrogen-bond donors (Lipinski definition) is 5. The Morgan fingerprint density at radius 3 is 2.72 bits per heavy atom. The summed E-state index contributed by atoms with van der Waals surface area (Å²) in [5.74, 6) is -0.935. The van der Waals surface area contributed by atoms with Crippen LogP contribution >= 0.6 is 0 Å². The second-order valence-corrected chi connectivity index (χ2v) is 9.67. The number of pyridine rings is 2. The number of carboxylic acid groups (broad SMARTS) is 1. The number of nitrogens with one attached hydrogen (secondary N) is 2. The number of aromatic nitrogens is 2. The number of nitrogens with two attached hydrogens (primary N) is 1. The van der Waals surface area contributed by atoms with E-state index >= 15 is 0 Å². The van der Waals surface area contributed by atoms with E-state index in [-0.39, 0.29) is 29.8 Å². The van der Waals surface area contributed by atoms with Crippen molar-refractivity contribution in [2.45, 2.75) is 19.1 Å². The average molecular weight is 536 g/mol. The molecule has 5 rings (SSSR count). The second-order valence-electron chi connectivity index (χ2n) is 9.67. The van der Waals surface area contributed by atoms with E-state index in [4.69, 9.17) is 10.5 Å². The van der Waals surface area contributed by atoms with E-state index in [1.807, 2.05) is 11.8 Å². The SMILES string of the molecule is C[C@H]1CN(c2ccncc2NC(=O)c2nc3cc(N4CCOCC4=O)ccc3cc2NC(=O)O)C[C@@H](N)[C@@H]1O. The molecule has 6 N–H and O–H groups in total. The van der Waals surface area contributed by atoms with Crippen molar-refractivity contribution in [2.75, 3.05) is 53.3 Å². The Hall–Kier alpha value is -4.33. The van der Waals surface area contributed by atoms with Gasteiger partial charge in [-0.1, -0.05) is 13.0 Å². The Labute approximate surface area is 223 Å². The number of carbonyl (C=O) groups is 3. The first-order valence-corrected chi connectivity index (χ1v) is 12.5. The number of anilines is 4. The maximum absolute atomic E-state index is 13.5. The average Bonchev–Trinajstić information content (AvgIpc) is 2.91. The molecule has 204 valence electrons. The number of benzene rings is 1. The summed E-state index contributed by atoms with van der Waals surface area (Å²) in [6.07, 6.45) is 1.09. The summed E-state index contributed by atoms with van der Waals surface area (Å²) < 4.78 is 5.20. The largest absolute Gasteiger partial charge is 0.465 e. The number of carbonyl (C=O) groups excluding carboxylic acids is 2. The standard InChI is InChI=1S/C26H29N7O6/c1-14-11-32(12-17(27)24(14)35)21-4-5-28-10-20(21)30-25(36)23-19(31-26(37)38)8-15-2-3-16(9-18(15)29-23)33-6-7-39-13-22(33)34/h2-5,8-10,14,17,24,31,35H,6-7,11-13,27H2,1H3,(H,30,36)(H,37,38)/t14-,17+,24+/m0/s1. The molecule has 3 atom stereocenters. The summed E-state index contributed by atoms with van der Waals surface area (Å²) in [6, 6.07) is 7.92. The minimum atomic E-state index is -1.35. The van der Waals surface area contributed by atoms with Crippen LogP contribution in [0.2, 0.25) is 0 Å². The van der Waals surface area contributed by atoms with Crippen LogP contribution in [-0.4, -0.2) is 83.1 Å². The minimum Gasteiger partial charge on any atom is -0.465 e. The first-order chi connectivity index (χ1) is 18.7. The molecule has 13 heteroatoms. The maximum atomic E-state index is 13.5. The van der Waals surface area contributed by atoms with E-state index in [0.717, 1.165) is 0 Å². The number of amides is 3. The number of fused-ring (bicyclic) bond motifs is 1. The molecule has 1 aromatic carbocycles. The van der Waals surface area contributed by atoms with E-state index in [2.05, 4.69) is 20.6 Å². The van der Waals surface area contributed by atoms with Gasteiger partial charge >= 0.3 is 6.09 Å². The van der Waals surface area contributed by atoms with Gasteiger partial charge in [-0.2, -0.15) is 0 Å². The van der Waals surface area contributed by atoms with Crippen molar-refractivity contribution in [2.24, 2.45) is 11.7 Å². The van der Waals surface area contributed by atoms with E-state index in [1.54, 1.807) is 35.4 Å². The smallest absolute Gasteiger partial charge is 0.409 e. The van der Waals surface area contributed by atoms with Gasteiger partial charge < -0.3 is 35.8 Å². The molecule has 2 saturated heterocycles. The van der Waals surface area contributed by atoms with Gasteiger partial charge in [0.25, 0.3) is 11.8 Å². The second kappa shape index (κ2) is 10.8. The summed E-state index contributed by atoms with van der Waals surface area (Å²) in [5.41, 5.74) is 8.04. The number of piperidine rings is 1. The van der Waals surface area contributed by atoms with Gasteiger partial charge in [-0.15, -0.1) is 0 Å². The molecular weight excluding hydrogens is 506 g/mol. The van der Waals surface area contributed by atoms with Crippen LogP contribution in [0.5, 0.6) is 0 Å². The highest BCUT2D eigenvalue weighted by Gasteiger charge is 2.32. The molecular formula is C26H29N7O6. The molecule has 2 aromatic heterocycles. The molecule has 0 bridgehead atoms. The normalized spacial score (nSPS) is 21.6. The Bertz CT molecular complexity index is 1420. The van der Waals surface area contributed by atoms with Crippen LogP contribution in [-0.2, 0) is 9.53 Å². The predicted molar refractivity (Wildman–Crippen MR) is 144 cm³/mol. The van der Waals surface area contributed by atoms with E-state index in [9.17, 15) is 24.6 Å². The van der Waals surface area contributed by atoms with Crippen LogP contribution in [0, 0.1) is 5.92 Å². The molecule has 3 amide bonds. The number of aliphatic hydroxyl groups excluding tert-OH is 1. The minimum absolute atomic E-state index is 0.00452. The van der Waals surface area contributed by atoms with E-state index in [1.165, 1.54) is 12.3 Å². The first-order valence-electron chi connectivity index (χ1n) is 12.5. The highest BCUT2D eigenvalue weighted by atomic mass is 16.5. The van der Waals surface area contributed by atoms with Gasteiger partial charge in [0.15, 0.2) is 5.69 Å². The number of aliphatic hydroxyl groups is 1. The van der Waals surface area contributed by atoms with Crippen LogP contribution < -0.4 is 26.2 Å². The van der Waals surface area contributed by atoms with Crippen LogP contribution in [0.25, 0.3) is 10.9 Å². The lowest BCUT2D eigenvalue weighted by Gasteiger charge is -2.40. The van der Waals surface area contributed by atoms with Crippen LogP contribution in [0.3, 0.4) is 0 Å². The van der Waals surface area contributed by atoms with Crippen molar-refractivity contribution in [3.63, 3.8) is 0 Å². The Kier molecular flexibility index (Phi) is 7.28. The van der Waals surface area contributed by atoms with Crippen molar-refractivity contribution >= 4 is 51.6 Å². The number of morpholine rings is 1. The van der Waals surface area contributed by atoms with Crippen molar-refractivity contribution in [1.29, 1.82) is 0 Å². The summed E-state index contributed by atoms with van der Waals surface area (Å²) in [5, 5.41) is 25.3. The Morgan fingerprint density at radius 1 is 1.15 bits per heavy atom. The Morgan fingerprint density at radius 2 is 1.97 bits per heavy atom. The number of rotatable bonds is 5. The molecule has 4 heterocycles. The van der Waals surface area contributed by atoms with Crippen LogP contribution in [0.4, 0.5) is 27.5 Å². The molecule has 0 unspecified atom stereocenters. The fourth-order valence-electron chi connectivity index (χ4n) is 4.95. The third-order valence-electron chi connectivity index (χ3n) is 6.90. The quantitative estimate of drug-likeness (QED) is 0.321. The highest BCUT2D eigenvalue weighted by molar-refractivity contribution is 6.11. The summed E-state index contributed by atoms with van der Waals surface area (Å²) in [4.78, 5) is 49.5. The fourth-order valence-corrected chi connectivity index (χ4v) is 4.95.